The minimum absolute atomic E-state index is 0.812. The molecule has 16 heavy (non-hydrogen) atoms. The van der Waals surface area contributed by atoms with E-state index < -0.39 is 0 Å². The minimum atomic E-state index is 0.812. The van der Waals surface area contributed by atoms with Gasteiger partial charge in [-0.2, -0.15) is 0 Å². The number of rotatable bonds is 2. The largest absolute Gasteiger partial charge is 0.316 e. The second kappa shape index (κ2) is 6.02. The van der Waals surface area contributed by atoms with Crippen molar-refractivity contribution in [2.75, 3.05) is 19.6 Å². The van der Waals surface area contributed by atoms with Gasteiger partial charge >= 0.3 is 0 Å². The summed E-state index contributed by atoms with van der Waals surface area (Å²) in [5, 5.41) is 3.59. The zero-order valence-corrected chi connectivity index (χ0v) is 11.0. The Balaban J connectivity index is 1.85. The highest BCUT2D eigenvalue weighted by Gasteiger charge is 2.27. The van der Waals surface area contributed by atoms with E-state index in [1.54, 1.807) is 0 Å². The van der Waals surface area contributed by atoms with Crippen LogP contribution in [0.1, 0.15) is 52.4 Å². The van der Waals surface area contributed by atoms with Gasteiger partial charge in [-0.05, 0) is 58.5 Å². The molecule has 0 bridgehead atoms. The molecule has 0 aliphatic carbocycles. The lowest BCUT2D eigenvalue weighted by molar-refractivity contribution is 0.0827. The van der Waals surface area contributed by atoms with Gasteiger partial charge in [0.05, 0.1) is 0 Å². The van der Waals surface area contributed by atoms with Crippen molar-refractivity contribution in [3.8, 4) is 0 Å². The average molecular weight is 224 g/mol. The van der Waals surface area contributed by atoms with Crippen LogP contribution < -0.4 is 5.32 Å². The van der Waals surface area contributed by atoms with Gasteiger partial charge in [0.25, 0.3) is 0 Å². The lowest BCUT2D eigenvalue weighted by Gasteiger charge is -2.41. The summed E-state index contributed by atoms with van der Waals surface area (Å²) in [7, 11) is 0. The molecule has 1 N–H and O–H groups in total. The van der Waals surface area contributed by atoms with Crippen molar-refractivity contribution < 1.29 is 0 Å². The summed E-state index contributed by atoms with van der Waals surface area (Å²) in [6, 6.07) is 1.62. The molecule has 2 saturated heterocycles. The molecule has 2 fully saturated rings. The van der Waals surface area contributed by atoms with E-state index >= 15 is 0 Å². The fraction of sp³-hybridized carbons (Fsp3) is 1.00. The zero-order valence-electron chi connectivity index (χ0n) is 11.0. The van der Waals surface area contributed by atoms with Gasteiger partial charge in [0.1, 0.15) is 0 Å². The highest BCUT2D eigenvalue weighted by Crippen LogP contribution is 2.25. The second-order valence-electron chi connectivity index (χ2n) is 5.89. The molecule has 0 aromatic carbocycles. The normalized spacial score (nSPS) is 38.2. The number of nitrogens with zero attached hydrogens (tertiary/aromatic N) is 1. The van der Waals surface area contributed by atoms with Crippen LogP contribution in [0.5, 0.6) is 0 Å². The minimum Gasteiger partial charge on any atom is -0.316 e. The first-order valence-corrected chi connectivity index (χ1v) is 7.24. The van der Waals surface area contributed by atoms with Gasteiger partial charge in [-0.25, -0.2) is 0 Å². The van der Waals surface area contributed by atoms with Crippen LogP contribution in [-0.2, 0) is 0 Å². The first-order valence-electron chi connectivity index (χ1n) is 7.24. The summed E-state index contributed by atoms with van der Waals surface area (Å²) in [5.41, 5.74) is 0. The summed E-state index contributed by atoms with van der Waals surface area (Å²) in [4.78, 5) is 2.77. The van der Waals surface area contributed by atoms with Crippen molar-refractivity contribution in [2.45, 2.75) is 64.5 Å². The van der Waals surface area contributed by atoms with Crippen LogP contribution >= 0.6 is 0 Å². The fourth-order valence-electron chi connectivity index (χ4n) is 3.38. The number of hydrogen-bond donors (Lipinski definition) is 1. The van der Waals surface area contributed by atoms with E-state index in [-0.39, 0.29) is 0 Å². The maximum absolute atomic E-state index is 3.59. The van der Waals surface area contributed by atoms with Gasteiger partial charge in [-0.15, -0.1) is 0 Å². The lowest BCUT2D eigenvalue weighted by atomic mass is 9.94. The van der Waals surface area contributed by atoms with Crippen LogP contribution in [0, 0.1) is 5.92 Å². The summed E-state index contributed by atoms with van der Waals surface area (Å²) in [6.07, 6.45) is 8.48. The third-order valence-electron chi connectivity index (χ3n) is 4.49. The summed E-state index contributed by atoms with van der Waals surface area (Å²) in [5.74, 6) is 0.894. The van der Waals surface area contributed by atoms with E-state index in [9.17, 15) is 0 Å². The number of piperidine rings is 1. The van der Waals surface area contributed by atoms with Gasteiger partial charge in [0, 0.05) is 18.6 Å². The van der Waals surface area contributed by atoms with E-state index in [1.807, 2.05) is 0 Å². The van der Waals surface area contributed by atoms with Crippen LogP contribution in [-0.4, -0.2) is 36.6 Å². The molecule has 2 aliphatic heterocycles. The standard InChI is InChI=1S/C14H28N2/c1-12-6-5-7-13(2)16(12)11-14-8-3-4-9-15-10-14/h12-15H,3-11H2,1-2H3. The first-order chi connectivity index (χ1) is 7.77. The maximum atomic E-state index is 3.59. The molecule has 2 nitrogen and oxygen atoms in total. The molecule has 3 atom stereocenters. The van der Waals surface area contributed by atoms with Gasteiger partial charge < -0.3 is 5.32 Å². The van der Waals surface area contributed by atoms with E-state index in [0.29, 0.717) is 0 Å². The Morgan fingerprint density at radius 2 is 1.75 bits per heavy atom. The quantitative estimate of drug-likeness (QED) is 0.776. The Hall–Kier alpha value is -0.0800. The molecule has 0 spiro atoms. The summed E-state index contributed by atoms with van der Waals surface area (Å²) in [6.45, 7) is 8.65. The SMILES string of the molecule is CC1CCCC(C)N1CC1CCCCNC1. The van der Waals surface area contributed by atoms with Crippen molar-refractivity contribution in [1.29, 1.82) is 0 Å². The lowest BCUT2D eigenvalue weighted by Crippen LogP contribution is -2.47. The van der Waals surface area contributed by atoms with Gasteiger partial charge in [0.15, 0.2) is 0 Å². The molecule has 0 aromatic rings. The second-order valence-corrected chi connectivity index (χ2v) is 5.89. The Morgan fingerprint density at radius 1 is 1.00 bits per heavy atom. The first kappa shape index (κ1) is 12.4. The van der Waals surface area contributed by atoms with E-state index in [4.69, 9.17) is 0 Å². The molecular formula is C14H28N2. The van der Waals surface area contributed by atoms with Crippen LogP contribution in [0.2, 0.25) is 0 Å². The van der Waals surface area contributed by atoms with Crippen LogP contribution in [0.4, 0.5) is 0 Å². The number of nitrogens with one attached hydrogen (secondary N) is 1. The van der Waals surface area contributed by atoms with Crippen LogP contribution in [0.15, 0.2) is 0 Å². The van der Waals surface area contributed by atoms with Gasteiger partial charge in [0.2, 0.25) is 0 Å². The average Bonchev–Trinajstić information content (AvgIpc) is 2.52. The molecule has 0 aromatic heterocycles. The monoisotopic (exact) mass is 224 g/mol. The van der Waals surface area contributed by atoms with E-state index in [2.05, 4.69) is 24.1 Å². The van der Waals surface area contributed by atoms with E-state index in [0.717, 1.165) is 18.0 Å². The molecule has 3 unspecified atom stereocenters. The predicted molar refractivity (Wildman–Crippen MR) is 69.7 cm³/mol. The molecule has 0 saturated carbocycles. The number of likely N-dealkylation sites (tertiary alicyclic amines) is 1. The molecule has 2 heteroatoms. The predicted octanol–water partition coefficient (Wildman–Crippen LogP) is 2.64. The summed E-state index contributed by atoms with van der Waals surface area (Å²) < 4.78 is 0. The summed E-state index contributed by atoms with van der Waals surface area (Å²) >= 11 is 0. The Labute approximate surface area is 101 Å². The molecular weight excluding hydrogens is 196 g/mol. The van der Waals surface area contributed by atoms with Crippen molar-refractivity contribution in [3.05, 3.63) is 0 Å². The maximum Gasteiger partial charge on any atom is 0.00698 e. The highest BCUT2D eigenvalue weighted by atomic mass is 15.2. The van der Waals surface area contributed by atoms with Crippen molar-refractivity contribution >= 4 is 0 Å². The Morgan fingerprint density at radius 3 is 2.50 bits per heavy atom. The zero-order chi connectivity index (χ0) is 11.4. The highest BCUT2D eigenvalue weighted by molar-refractivity contribution is 4.82. The van der Waals surface area contributed by atoms with Crippen molar-refractivity contribution in [1.82, 2.24) is 10.2 Å². The Kier molecular flexibility index (Phi) is 4.66. The Bertz CT molecular complexity index is 187. The van der Waals surface area contributed by atoms with Gasteiger partial charge in [-0.1, -0.05) is 12.8 Å². The number of hydrogen-bond acceptors (Lipinski definition) is 2. The molecule has 2 heterocycles. The van der Waals surface area contributed by atoms with Crippen LogP contribution in [0.25, 0.3) is 0 Å². The topological polar surface area (TPSA) is 15.3 Å². The van der Waals surface area contributed by atoms with Crippen molar-refractivity contribution in [2.24, 2.45) is 5.92 Å². The molecule has 2 rings (SSSR count). The smallest absolute Gasteiger partial charge is 0.00698 e. The molecule has 94 valence electrons. The van der Waals surface area contributed by atoms with Gasteiger partial charge in [-0.3, -0.25) is 4.90 Å². The van der Waals surface area contributed by atoms with E-state index in [1.165, 1.54) is 58.2 Å². The third-order valence-corrected chi connectivity index (χ3v) is 4.49. The van der Waals surface area contributed by atoms with Crippen molar-refractivity contribution in [3.63, 3.8) is 0 Å². The fourth-order valence-corrected chi connectivity index (χ4v) is 3.38. The third kappa shape index (κ3) is 3.21. The molecule has 0 amide bonds. The molecule has 2 aliphatic rings. The molecule has 0 radical (unpaired) electrons. The van der Waals surface area contributed by atoms with Crippen LogP contribution in [0.3, 0.4) is 0 Å².